The van der Waals surface area contributed by atoms with Crippen molar-refractivity contribution in [2.45, 2.75) is 57.8 Å². The third kappa shape index (κ3) is 3.09. The van der Waals surface area contributed by atoms with E-state index in [0.717, 1.165) is 37.1 Å². The van der Waals surface area contributed by atoms with Crippen molar-refractivity contribution in [3.63, 3.8) is 0 Å². The maximum Gasteiger partial charge on any atom is 0.313 e. The minimum Gasteiger partial charge on any atom is -0.481 e. The van der Waals surface area contributed by atoms with Crippen LogP contribution in [0.15, 0.2) is 6.07 Å². The van der Waals surface area contributed by atoms with Crippen molar-refractivity contribution in [2.24, 2.45) is 17.3 Å². The Hall–Kier alpha value is -2.18. The van der Waals surface area contributed by atoms with E-state index in [1.54, 1.807) is 0 Å². The van der Waals surface area contributed by atoms with E-state index >= 15 is 0 Å². The third-order valence-corrected chi connectivity index (χ3v) is 7.72. The summed E-state index contributed by atoms with van der Waals surface area (Å²) in [5.41, 5.74) is 1.13. The Labute approximate surface area is 171 Å². The van der Waals surface area contributed by atoms with Gasteiger partial charge >= 0.3 is 5.97 Å². The van der Waals surface area contributed by atoms with Crippen LogP contribution in [0.5, 0.6) is 0 Å². The van der Waals surface area contributed by atoms with E-state index in [9.17, 15) is 14.7 Å². The maximum atomic E-state index is 12.9. The number of hydrogen-bond donors (Lipinski definition) is 1. The van der Waals surface area contributed by atoms with Gasteiger partial charge in [-0.25, -0.2) is 9.97 Å². The summed E-state index contributed by atoms with van der Waals surface area (Å²) in [7, 11) is 0. The molecule has 1 amide bonds. The lowest BCUT2D eigenvalue weighted by Gasteiger charge is -2.28. The van der Waals surface area contributed by atoms with E-state index in [4.69, 9.17) is 4.98 Å². The normalized spacial score (nSPS) is 29.9. The molecule has 0 unspecified atom stereocenters. The van der Waals surface area contributed by atoms with Gasteiger partial charge in [0.05, 0.1) is 0 Å². The number of rotatable bonds is 4. The lowest BCUT2D eigenvalue weighted by Crippen LogP contribution is -2.43. The van der Waals surface area contributed by atoms with Crippen LogP contribution in [0.3, 0.4) is 0 Å². The number of fused-ring (bicyclic) bond motifs is 1. The summed E-state index contributed by atoms with van der Waals surface area (Å²) in [6, 6.07) is 2.07. The van der Waals surface area contributed by atoms with E-state index < -0.39 is 11.4 Å². The monoisotopic (exact) mass is 398 g/mol. The van der Waals surface area contributed by atoms with Gasteiger partial charge in [0.15, 0.2) is 0 Å². The van der Waals surface area contributed by atoms with Gasteiger partial charge in [-0.15, -0.1) is 0 Å². The Morgan fingerprint density at radius 3 is 2.45 bits per heavy atom. The van der Waals surface area contributed by atoms with Crippen molar-refractivity contribution in [2.75, 3.05) is 31.1 Å². The summed E-state index contributed by atoms with van der Waals surface area (Å²) in [6.45, 7) is 3.84. The minimum atomic E-state index is -0.905. The number of aryl methyl sites for hydroxylation is 1. The van der Waals surface area contributed by atoms with Crippen molar-refractivity contribution in [3.05, 3.63) is 17.5 Å². The van der Waals surface area contributed by atoms with Gasteiger partial charge in [0.25, 0.3) is 0 Å². The molecule has 156 valence electrons. The van der Waals surface area contributed by atoms with Crippen LogP contribution >= 0.6 is 0 Å². The van der Waals surface area contributed by atoms with Gasteiger partial charge in [-0.05, 0) is 38.7 Å². The van der Waals surface area contributed by atoms with Crippen molar-refractivity contribution in [1.82, 2.24) is 14.9 Å². The second kappa shape index (κ2) is 6.96. The molecule has 2 saturated carbocycles. The van der Waals surface area contributed by atoms with Gasteiger partial charge < -0.3 is 14.9 Å². The molecule has 0 radical (unpaired) electrons. The number of carboxylic acid groups (broad SMARTS) is 1. The molecule has 1 aromatic heterocycles. The topological polar surface area (TPSA) is 86.6 Å². The lowest BCUT2D eigenvalue weighted by molar-refractivity contribution is -0.148. The quantitative estimate of drug-likeness (QED) is 0.839. The first-order valence-corrected chi connectivity index (χ1v) is 11.1. The molecule has 2 aliphatic heterocycles. The first-order valence-electron chi connectivity index (χ1n) is 11.1. The van der Waals surface area contributed by atoms with Gasteiger partial charge in [-0.3, -0.25) is 9.59 Å². The van der Waals surface area contributed by atoms with Crippen molar-refractivity contribution >= 4 is 17.8 Å². The number of aliphatic carboxylic acids is 1. The van der Waals surface area contributed by atoms with Crippen LogP contribution in [0.25, 0.3) is 0 Å². The zero-order valence-corrected chi connectivity index (χ0v) is 17.1. The van der Waals surface area contributed by atoms with Crippen LogP contribution < -0.4 is 4.90 Å². The maximum absolute atomic E-state index is 12.9. The minimum absolute atomic E-state index is 0.0679. The molecule has 7 nitrogen and oxygen atoms in total. The summed E-state index contributed by atoms with van der Waals surface area (Å²) in [5.74, 6) is 0.588. The Balaban J connectivity index is 1.36. The average Bonchev–Trinajstić information content (AvgIpc) is 3.34. The number of likely N-dealkylation sites (tertiary alicyclic amines) is 1. The number of carbonyl (C=O) groups excluding carboxylic acids is 1. The highest BCUT2D eigenvalue weighted by Gasteiger charge is 2.59. The molecule has 5 rings (SSSR count). The van der Waals surface area contributed by atoms with Gasteiger partial charge in [-0.1, -0.05) is 19.3 Å². The Kier molecular flexibility index (Phi) is 4.51. The van der Waals surface area contributed by atoms with Crippen molar-refractivity contribution < 1.29 is 14.7 Å². The smallest absolute Gasteiger partial charge is 0.313 e. The highest BCUT2D eigenvalue weighted by molar-refractivity contribution is 5.83. The average molecular weight is 399 g/mol. The number of carbonyl (C=O) groups is 2. The predicted molar refractivity (Wildman–Crippen MR) is 108 cm³/mol. The second-order valence-electron chi connectivity index (χ2n) is 9.60. The number of amides is 1. The summed E-state index contributed by atoms with van der Waals surface area (Å²) < 4.78 is 0. The first-order chi connectivity index (χ1) is 14.0. The summed E-state index contributed by atoms with van der Waals surface area (Å²) in [5, 5.41) is 10.1. The summed E-state index contributed by atoms with van der Waals surface area (Å²) in [6.07, 6.45) is 7.73. The molecule has 4 aliphatic rings. The Morgan fingerprint density at radius 1 is 1.07 bits per heavy atom. The van der Waals surface area contributed by atoms with E-state index in [1.807, 2.05) is 16.7 Å². The molecule has 2 aliphatic carbocycles. The number of hydrogen-bond acceptors (Lipinski definition) is 5. The first kappa shape index (κ1) is 18.8. The molecule has 0 bridgehead atoms. The van der Waals surface area contributed by atoms with Crippen molar-refractivity contribution in [1.29, 1.82) is 0 Å². The fourth-order valence-corrected chi connectivity index (χ4v) is 5.75. The zero-order valence-electron chi connectivity index (χ0n) is 17.1. The molecule has 1 N–H and O–H groups in total. The Morgan fingerprint density at radius 2 is 1.83 bits per heavy atom. The van der Waals surface area contributed by atoms with Crippen LogP contribution in [0, 0.1) is 24.2 Å². The van der Waals surface area contributed by atoms with Crippen LogP contribution in [0.1, 0.15) is 62.3 Å². The highest BCUT2D eigenvalue weighted by atomic mass is 16.4. The molecule has 0 spiro atoms. The third-order valence-electron chi connectivity index (χ3n) is 7.72. The van der Waals surface area contributed by atoms with Crippen LogP contribution in [0.2, 0.25) is 0 Å². The number of anilines is 1. The van der Waals surface area contributed by atoms with Crippen LogP contribution in [-0.2, 0) is 9.59 Å². The van der Waals surface area contributed by atoms with E-state index in [1.165, 1.54) is 19.3 Å². The molecule has 4 fully saturated rings. The largest absolute Gasteiger partial charge is 0.481 e. The fourth-order valence-electron chi connectivity index (χ4n) is 5.75. The van der Waals surface area contributed by atoms with Crippen LogP contribution in [-0.4, -0.2) is 58.0 Å². The van der Waals surface area contributed by atoms with E-state index in [0.29, 0.717) is 38.0 Å². The number of nitrogens with zero attached hydrogens (tertiary/aromatic N) is 4. The van der Waals surface area contributed by atoms with Crippen molar-refractivity contribution in [3.8, 4) is 0 Å². The van der Waals surface area contributed by atoms with E-state index in [2.05, 4.69) is 11.1 Å². The number of carboxylic acids is 1. The summed E-state index contributed by atoms with van der Waals surface area (Å²) >= 11 is 0. The molecule has 2 atom stereocenters. The van der Waals surface area contributed by atoms with Gasteiger partial charge in [0.1, 0.15) is 5.41 Å². The molecule has 1 aromatic rings. The highest BCUT2D eigenvalue weighted by Crippen LogP contribution is 2.45. The molecule has 2 saturated heterocycles. The molecule has 7 heteroatoms. The molecule has 29 heavy (non-hydrogen) atoms. The lowest BCUT2D eigenvalue weighted by atomic mass is 9.81. The van der Waals surface area contributed by atoms with E-state index in [-0.39, 0.29) is 17.7 Å². The molecule has 3 heterocycles. The SMILES string of the molecule is Cc1cc(C2CCC2)nc(N2C[C@H]3CN(C(=O)C4CCCC4)C[C@@]3(C(=O)O)C2)n1. The van der Waals surface area contributed by atoms with Gasteiger partial charge in [0.2, 0.25) is 11.9 Å². The standard InChI is InChI=1S/C22H30N4O3/c1-14-9-18(15-7-4-8-15)24-21(23-14)26-11-17-10-25(12-22(17,13-26)20(28)29)19(27)16-5-2-3-6-16/h9,15-17H,2-8,10-13H2,1H3,(H,28,29)/t17-,22-/m1/s1. The summed E-state index contributed by atoms with van der Waals surface area (Å²) in [4.78, 5) is 38.6. The zero-order chi connectivity index (χ0) is 20.2. The molecular formula is C22H30N4O3. The fraction of sp³-hybridized carbons (Fsp3) is 0.727. The molecular weight excluding hydrogens is 368 g/mol. The molecule has 0 aromatic carbocycles. The van der Waals surface area contributed by atoms with Gasteiger partial charge in [-0.2, -0.15) is 0 Å². The van der Waals surface area contributed by atoms with Gasteiger partial charge in [0, 0.05) is 55.3 Å². The van der Waals surface area contributed by atoms with Crippen LogP contribution in [0.4, 0.5) is 5.95 Å². The Bertz CT molecular complexity index is 833. The predicted octanol–water partition coefficient (Wildman–Crippen LogP) is 2.59. The number of aromatic nitrogens is 2. The second-order valence-corrected chi connectivity index (χ2v) is 9.60.